The molecule has 5 nitrogen and oxygen atoms in total. The minimum absolute atomic E-state index is 0.0853. The van der Waals surface area contributed by atoms with E-state index in [-0.39, 0.29) is 5.91 Å². The molecule has 2 N–H and O–H groups in total. The van der Waals surface area contributed by atoms with Gasteiger partial charge in [-0.2, -0.15) is 0 Å². The number of rotatable bonds is 3. The van der Waals surface area contributed by atoms with E-state index >= 15 is 0 Å². The van der Waals surface area contributed by atoms with Gasteiger partial charge in [0.2, 0.25) is 0 Å². The first-order valence-electron chi connectivity index (χ1n) is 8.10. The summed E-state index contributed by atoms with van der Waals surface area (Å²) in [5.74, 6) is 0.768. The maximum absolute atomic E-state index is 11.6. The zero-order valence-corrected chi connectivity index (χ0v) is 14.2. The second-order valence-electron chi connectivity index (χ2n) is 5.89. The number of benzene rings is 1. The van der Waals surface area contributed by atoms with Gasteiger partial charge in [0.25, 0.3) is 5.91 Å². The standard InChI is InChI=1S/C18H18N4OS/c1-19-17(23)11-6-8-12(9-7-11)22-16-15-13-4-2-3-5-14(13)24-18(15)21-10-20-16/h6-10H,2-5H2,1H3,(H,19,23)(H,20,21,22). The van der Waals surface area contributed by atoms with Gasteiger partial charge in [-0.25, -0.2) is 9.97 Å². The van der Waals surface area contributed by atoms with Crippen LogP contribution in [-0.2, 0) is 12.8 Å². The number of aryl methyl sites for hydroxylation is 2. The van der Waals surface area contributed by atoms with Crippen LogP contribution in [-0.4, -0.2) is 22.9 Å². The fourth-order valence-corrected chi connectivity index (χ4v) is 4.40. The summed E-state index contributed by atoms with van der Waals surface area (Å²) in [6.07, 6.45) is 6.36. The summed E-state index contributed by atoms with van der Waals surface area (Å²) in [5, 5.41) is 7.18. The zero-order valence-electron chi connectivity index (χ0n) is 13.4. The van der Waals surface area contributed by atoms with Crippen LogP contribution in [0, 0.1) is 0 Å². The molecule has 0 saturated heterocycles. The lowest BCUT2D eigenvalue weighted by atomic mass is 9.97. The average molecular weight is 338 g/mol. The van der Waals surface area contributed by atoms with Crippen molar-refractivity contribution < 1.29 is 4.79 Å². The van der Waals surface area contributed by atoms with E-state index < -0.39 is 0 Å². The van der Waals surface area contributed by atoms with Crippen molar-refractivity contribution in [1.29, 1.82) is 0 Å². The van der Waals surface area contributed by atoms with Gasteiger partial charge >= 0.3 is 0 Å². The summed E-state index contributed by atoms with van der Waals surface area (Å²) in [4.78, 5) is 23.1. The van der Waals surface area contributed by atoms with Crippen molar-refractivity contribution in [2.45, 2.75) is 25.7 Å². The highest BCUT2D eigenvalue weighted by atomic mass is 32.1. The fraction of sp³-hybridized carbons (Fsp3) is 0.278. The molecule has 2 aromatic heterocycles. The van der Waals surface area contributed by atoms with Crippen molar-refractivity contribution in [1.82, 2.24) is 15.3 Å². The van der Waals surface area contributed by atoms with E-state index in [1.807, 2.05) is 24.3 Å². The van der Waals surface area contributed by atoms with Gasteiger partial charge in [-0.15, -0.1) is 11.3 Å². The molecular formula is C18H18N4OS. The molecule has 1 aromatic carbocycles. The first-order chi connectivity index (χ1) is 11.8. The normalized spacial score (nSPS) is 13.5. The van der Waals surface area contributed by atoms with Gasteiger partial charge in [-0.3, -0.25) is 4.79 Å². The number of hydrogen-bond acceptors (Lipinski definition) is 5. The predicted octanol–water partition coefficient (Wildman–Crippen LogP) is 3.67. The van der Waals surface area contributed by atoms with Crippen molar-refractivity contribution >= 4 is 39.0 Å². The fourth-order valence-electron chi connectivity index (χ4n) is 3.17. The number of thiophene rings is 1. The lowest BCUT2D eigenvalue weighted by molar-refractivity contribution is 0.0963. The molecule has 0 fully saturated rings. The average Bonchev–Trinajstić information content (AvgIpc) is 3.01. The summed E-state index contributed by atoms with van der Waals surface area (Å²) in [6.45, 7) is 0. The summed E-state index contributed by atoms with van der Waals surface area (Å²) >= 11 is 1.79. The molecule has 3 aromatic rings. The molecule has 6 heteroatoms. The highest BCUT2D eigenvalue weighted by molar-refractivity contribution is 7.19. The Hall–Kier alpha value is -2.47. The molecule has 122 valence electrons. The Morgan fingerprint density at radius 2 is 1.92 bits per heavy atom. The van der Waals surface area contributed by atoms with E-state index in [1.54, 1.807) is 24.7 Å². The second kappa shape index (κ2) is 6.20. The number of hydrogen-bond donors (Lipinski definition) is 2. The van der Waals surface area contributed by atoms with E-state index in [1.165, 1.54) is 23.3 Å². The molecule has 1 aliphatic carbocycles. The van der Waals surface area contributed by atoms with Gasteiger partial charge in [0.05, 0.1) is 5.39 Å². The molecule has 4 rings (SSSR count). The summed E-state index contributed by atoms with van der Waals surface area (Å²) < 4.78 is 0. The van der Waals surface area contributed by atoms with Crippen molar-refractivity contribution in [3.63, 3.8) is 0 Å². The predicted molar refractivity (Wildman–Crippen MR) is 97.2 cm³/mol. The summed E-state index contributed by atoms with van der Waals surface area (Å²) in [6, 6.07) is 7.42. The first-order valence-corrected chi connectivity index (χ1v) is 8.92. The van der Waals surface area contributed by atoms with Crippen LogP contribution in [0.1, 0.15) is 33.6 Å². The summed E-state index contributed by atoms with van der Waals surface area (Å²) in [7, 11) is 1.63. The Morgan fingerprint density at radius 1 is 1.12 bits per heavy atom. The number of nitrogens with one attached hydrogen (secondary N) is 2. The minimum Gasteiger partial charge on any atom is -0.355 e. The molecule has 0 saturated carbocycles. The molecule has 0 atom stereocenters. The van der Waals surface area contributed by atoms with Gasteiger partial charge in [-0.05, 0) is 55.5 Å². The Kier molecular flexibility index (Phi) is 3.90. The Labute approximate surface area is 144 Å². The number of carbonyl (C=O) groups excluding carboxylic acids is 1. The Bertz CT molecular complexity index is 901. The lowest BCUT2D eigenvalue weighted by Crippen LogP contribution is -2.17. The molecule has 1 amide bonds. The zero-order chi connectivity index (χ0) is 16.5. The molecule has 0 bridgehead atoms. The number of amides is 1. The van der Waals surface area contributed by atoms with Crippen LogP contribution in [0.15, 0.2) is 30.6 Å². The van der Waals surface area contributed by atoms with Gasteiger partial charge < -0.3 is 10.6 Å². The van der Waals surface area contributed by atoms with Gasteiger partial charge in [0, 0.05) is 23.2 Å². The van der Waals surface area contributed by atoms with Crippen LogP contribution in [0.5, 0.6) is 0 Å². The topological polar surface area (TPSA) is 66.9 Å². The summed E-state index contributed by atoms with van der Waals surface area (Å²) in [5.41, 5.74) is 2.97. The van der Waals surface area contributed by atoms with E-state index in [0.29, 0.717) is 5.56 Å². The monoisotopic (exact) mass is 338 g/mol. The maximum Gasteiger partial charge on any atom is 0.251 e. The van der Waals surface area contributed by atoms with Crippen LogP contribution in [0.2, 0.25) is 0 Å². The number of nitrogens with zero attached hydrogens (tertiary/aromatic N) is 2. The first kappa shape index (κ1) is 15.1. The van der Waals surface area contributed by atoms with Crippen LogP contribution >= 0.6 is 11.3 Å². The van der Waals surface area contributed by atoms with Crippen molar-refractivity contribution in [3.8, 4) is 0 Å². The SMILES string of the molecule is CNC(=O)c1ccc(Nc2ncnc3sc4c(c23)CCCC4)cc1. The second-order valence-corrected chi connectivity index (χ2v) is 6.98. The third kappa shape index (κ3) is 2.63. The smallest absolute Gasteiger partial charge is 0.251 e. The van der Waals surface area contributed by atoms with Gasteiger partial charge in [0.1, 0.15) is 17.0 Å². The van der Waals surface area contributed by atoms with Crippen molar-refractivity contribution in [2.75, 3.05) is 12.4 Å². The maximum atomic E-state index is 11.6. The van der Waals surface area contributed by atoms with Crippen LogP contribution in [0.25, 0.3) is 10.2 Å². The molecule has 0 unspecified atom stereocenters. The van der Waals surface area contributed by atoms with Crippen LogP contribution in [0.3, 0.4) is 0 Å². The van der Waals surface area contributed by atoms with Gasteiger partial charge in [0.15, 0.2) is 0 Å². The highest BCUT2D eigenvalue weighted by Crippen LogP contribution is 2.38. The van der Waals surface area contributed by atoms with Crippen molar-refractivity contribution in [3.05, 3.63) is 46.6 Å². The van der Waals surface area contributed by atoms with E-state index in [2.05, 4.69) is 20.6 Å². The van der Waals surface area contributed by atoms with E-state index in [9.17, 15) is 4.79 Å². The molecular weight excluding hydrogens is 320 g/mol. The molecule has 1 aliphatic rings. The Morgan fingerprint density at radius 3 is 2.71 bits per heavy atom. The molecule has 0 aliphatic heterocycles. The molecule has 0 radical (unpaired) electrons. The number of aromatic nitrogens is 2. The van der Waals surface area contributed by atoms with Crippen LogP contribution < -0.4 is 10.6 Å². The third-order valence-corrected chi connectivity index (χ3v) is 5.59. The van der Waals surface area contributed by atoms with E-state index in [4.69, 9.17) is 0 Å². The van der Waals surface area contributed by atoms with Gasteiger partial charge in [-0.1, -0.05) is 0 Å². The number of anilines is 2. The lowest BCUT2D eigenvalue weighted by Gasteiger charge is -2.12. The molecule has 0 spiro atoms. The third-order valence-electron chi connectivity index (χ3n) is 4.39. The number of carbonyl (C=O) groups is 1. The number of fused-ring (bicyclic) bond motifs is 3. The quantitative estimate of drug-likeness (QED) is 0.764. The highest BCUT2D eigenvalue weighted by Gasteiger charge is 2.19. The largest absolute Gasteiger partial charge is 0.355 e. The Balaban J connectivity index is 1.69. The minimum atomic E-state index is -0.0853. The van der Waals surface area contributed by atoms with Crippen molar-refractivity contribution in [2.24, 2.45) is 0 Å². The molecule has 2 heterocycles. The van der Waals surface area contributed by atoms with Crippen LogP contribution in [0.4, 0.5) is 11.5 Å². The van der Waals surface area contributed by atoms with E-state index in [0.717, 1.165) is 34.6 Å². The molecule has 24 heavy (non-hydrogen) atoms.